The number of carbonyl (C=O) groups is 2. The van der Waals surface area contributed by atoms with Crippen LogP contribution in [0.1, 0.15) is 72.0 Å². The summed E-state index contributed by atoms with van der Waals surface area (Å²) < 4.78 is 0. The summed E-state index contributed by atoms with van der Waals surface area (Å²) in [6.45, 7) is 6.62. The van der Waals surface area contributed by atoms with Crippen LogP contribution in [0.2, 0.25) is 0 Å². The quantitative estimate of drug-likeness (QED) is 0.434. The predicted octanol–water partition coefficient (Wildman–Crippen LogP) is 3.23. The molecule has 6 rings (SSSR count). The van der Waals surface area contributed by atoms with Crippen LogP contribution in [0, 0.1) is 10.8 Å². The number of aromatic amines is 1. The van der Waals surface area contributed by atoms with Crippen LogP contribution in [0.15, 0.2) is 24.4 Å². The van der Waals surface area contributed by atoms with Crippen LogP contribution >= 0.6 is 0 Å². The number of rotatable bonds is 5. The van der Waals surface area contributed by atoms with E-state index in [0.29, 0.717) is 47.7 Å². The van der Waals surface area contributed by atoms with E-state index in [9.17, 15) is 14.7 Å². The van der Waals surface area contributed by atoms with Gasteiger partial charge in [-0.05, 0) is 38.1 Å². The molecule has 2 atom stereocenters. The molecule has 41 heavy (non-hydrogen) atoms. The third kappa shape index (κ3) is 4.95. The molecule has 3 fully saturated rings. The normalized spacial score (nSPS) is 26.9. The molecule has 3 aromatic heterocycles. The first-order chi connectivity index (χ1) is 19.5. The van der Waals surface area contributed by atoms with Crippen molar-refractivity contribution in [1.29, 1.82) is 0 Å². The SMILES string of the molecule is CN1CC2(C)CN(C(=O)c3ccc(Nc4nc(C5CCCC5)c5cc(C(=O)N(C)C)[nH]c5n4)nc3)CC(C)(C1)C2O. The minimum absolute atomic E-state index is 0.0800. The molecule has 2 amide bonds. The molecule has 3 aromatic rings. The Morgan fingerprint density at radius 3 is 2.37 bits per heavy atom. The summed E-state index contributed by atoms with van der Waals surface area (Å²) in [6.07, 6.45) is 5.57. The number of amides is 2. The number of nitrogens with one attached hydrogen (secondary N) is 2. The van der Waals surface area contributed by atoms with Crippen molar-refractivity contribution in [3.63, 3.8) is 0 Å². The number of H-pyrrole nitrogens is 1. The predicted molar refractivity (Wildman–Crippen MR) is 156 cm³/mol. The van der Waals surface area contributed by atoms with Crippen LogP contribution in [0.3, 0.4) is 0 Å². The van der Waals surface area contributed by atoms with Crippen LogP contribution in [0.5, 0.6) is 0 Å². The zero-order valence-electron chi connectivity index (χ0n) is 24.6. The molecule has 2 saturated heterocycles. The van der Waals surface area contributed by atoms with Crippen molar-refractivity contribution in [2.24, 2.45) is 10.8 Å². The number of fused-ring (bicyclic) bond motifs is 3. The van der Waals surface area contributed by atoms with Crippen LogP contribution in [-0.2, 0) is 0 Å². The fourth-order valence-electron chi connectivity index (χ4n) is 7.49. The Morgan fingerprint density at radius 2 is 1.76 bits per heavy atom. The molecule has 11 heteroatoms. The first-order valence-corrected chi connectivity index (χ1v) is 14.5. The molecular formula is C30H40N8O3. The van der Waals surface area contributed by atoms with Crippen molar-refractivity contribution in [3.8, 4) is 0 Å². The third-order valence-electron chi connectivity index (χ3n) is 9.12. The smallest absolute Gasteiger partial charge is 0.269 e. The van der Waals surface area contributed by atoms with Gasteiger partial charge < -0.3 is 30.1 Å². The van der Waals surface area contributed by atoms with Crippen LogP contribution < -0.4 is 5.32 Å². The number of hydrogen-bond donors (Lipinski definition) is 3. The van der Waals surface area contributed by atoms with Crippen molar-refractivity contribution in [1.82, 2.24) is 34.6 Å². The van der Waals surface area contributed by atoms with Gasteiger partial charge >= 0.3 is 0 Å². The molecule has 5 heterocycles. The summed E-state index contributed by atoms with van der Waals surface area (Å²) in [6, 6.07) is 5.40. The average Bonchev–Trinajstić information content (AvgIpc) is 3.60. The summed E-state index contributed by atoms with van der Waals surface area (Å²) in [5.41, 5.74) is 1.79. The number of aliphatic hydroxyl groups is 1. The highest BCUT2D eigenvalue weighted by molar-refractivity contribution is 5.98. The van der Waals surface area contributed by atoms with Gasteiger partial charge in [-0.25, -0.2) is 9.97 Å². The molecule has 3 N–H and O–H groups in total. The first kappa shape index (κ1) is 27.6. The molecule has 2 unspecified atom stereocenters. The third-order valence-corrected chi connectivity index (χ3v) is 9.12. The van der Waals surface area contributed by atoms with Crippen LogP contribution in [0.4, 0.5) is 11.8 Å². The number of piperidine rings is 2. The lowest BCUT2D eigenvalue weighted by atomic mass is 9.63. The number of hydrogen-bond acceptors (Lipinski definition) is 8. The zero-order chi connectivity index (χ0) is 29.1. The molecular weight excluding hydrogens is 520 g/mol. The first-order valence-electron chi connectivity index (χ1n) is 14.5. The number of nitrogens with zero attached hydrogens (tertiary/aromatic N) is 6. The van der Waals surface area contributed by atoms with E-state index in [2.05, 4.69) is 46.1 Å². The Balaban J connectivity index is 1.23. The highest BCUT2D eigenvalue weighted by atomic mass is 16.3. The van der Waals surface area contributed by atoms with Gasteiger partial charge in [-0.1, -0.05) is 26.7 Å². The summed E-state index contributed by atoms with van der Waals surface area (Å²) in [5, 5.41) is 15.2. The number of aliphatic hydroxyl groups excluding tert-OH is 1. The fourth-order valence-corrected chi connectivity index (χ4v) is 7.49. The topological polar surface area (TPSA) is 131 Å². The van der Waals surface area contributed by atoms with Gasteiger partial charge in [0.15, 0.2) is 0 Å². The number of aromatic nitrogens is 4. The maximum Gasteiger partial charge on any atom is 0.269 e. The second-order valence-electron chi connectivity index (χ2n) is 13.2. The van der Waals surface area contributed by atoms with E-state index in [4.69, 9.17) is 4.98 Å². The van der Waals surface area contributed by atoms with Crippen molar-refractivity contribution >= 4 is 34.6 Å². The highest BCUT2D eigenvalue weighted by Gasteiger charge is 2.55. The second kappa shape index (κ2) is 10.1. The zero-order valence-corrected chi connectivity index (χ0v) is 24.6. The molecule has 11 nitrogen and oxygen atoms in total. The summed E-state index contributed by atoms with van der Waals surface area (Å²) >= 11 is 0. The maximum atomic E-state index is 13.5. The Kier molecular flexibility index (Phi) is 6.77. The molecule has 2 aliphatic heterocycles. The molecule has 1 saturated carbocycles. The van der Waals surface area contributed by atoms with Gasteiger partial charge in [-0.15, -0.1) is 0 Å². The lowest BCUT2D eigenvalue weighted by molar-refractivity contribution is -0.161. The summed E-state index contributed by atoms with van der Waals surface area (Å²) in [4.78, 5) is 49.1. The van der Waals surface area contributed by atoms with Crippen molar-refractivity contribution in [2.45, 2.75) is 51.6 Å². The van der Waals surface area contributed by atoms with Crippen LogP contribution in [0.25, 0.3) is 11.0 Å². The monoisotopic (exact) mass is 560 g/mol. The fraction of sp³-hybridized carbons (Fsp3) is 0.567. The van der Waals surface area contributed by atoms with Gasteiger partial charge in [-0.3, -0.25) is 9.59 Å². The molecule has 2 bridgehead atoms. The van der Waals surface area contributed by atoms with E-state index in [-0.39, 0.29) is 22.6 Å². The second-order valence-corrected chi connectivity index (χ2v) is 13.2. The standard InChI is InChI=1S/C30H40N8O3/c1-29-14-37(5)15-30(2,27(29)41)17-38(16-29)25(39)19-10-11-22(31-13-19)33-28-34-23(18-8-6-7-9-18)20-12-21(26(40)36(3)4)32-24(20)35-28/h10-13,18,27,41H,6-9,14-17H2,1-5H3,(H2,31,32,33,34,35). The van der Waals surface area contributed by atoms with E-state index in [0.717, 1.165) is 49.9 Å². The van der Waals surface area contributed by atoms with Gasteiger partial charge in [0.05, 0.1) is 17.4 Å². The summed E-state index contributed by atoms with van der Waals surface area (Å²) in [7, 11) is 5.53. The van der Waals surface area contributed by atoms with Crippen LogP contribution in [-0.4, -0.2) is 105 Å². The molecule has 218 valence electrons. The Hall–Kier alpha value is -3.57. The molecule has 0 radical (unpaired) electrons. The van der Waals surface area contributed by atoms with Crippen molar-refractivity contribution in [3.05, 3.63) is 41.3 Å². The molecule has 0 aromatic carbocycles. The molecule has 0 spiro atoms. The molecule has 1 aliphatic carbocycles. The van der Waals surface area contributed by atoms with Gasteiger partial charge in [-0.2, -0.15) is 4.98 Å². The highest BCUT2D eigenvalue weighted by Crippen LogP contribution is 2.45. The number of likely N-dealkylation sites (tertiary alicyclic amines) is 2. The van der Waals surface area contributed by atoms with Crippen molar-refractivity contribution < 1.29 is 14.7 Å². The molecule has 3 aliphatic rings. The number of carbonyl (C=O) groups excluding carboxylic acids is 2. The van der Waals surface area contributed by atoms with E-state index in [1.54, 1.807) is 32.4 Å². The van der Waals surface area contributed by atoms with Gasteiger partial charge in [0.25, 0.3) is 11.8 Å². The number of pyridine rings is 1. The largest absolute Gasteiger partial charge is 0.392 e. The van der Waals surface area contributed by atoms with E-state index in [1.165, 1.54) is 4.90 Å². The van der Waals surface area contributed by atoms with Gasteiger partial charge in [0.1, 0.15) is 17.2 Å². The van der Waals surface area contributed by atoms with Gasteiger partial charge in [0.2, 0.25) is 5.95 Å². The minimum atomic E-state index is -0.455. The Bertz CT molecular complexity index is 1460. The Labute approximate surface area is 240 Å². The van der Waals surface area contributed by atoms with Crippen molar-refractivity contribution in [2.75, 3.05) is 52.6 Å². The lowest BCUT2D eigenvalue weighted by Gasteiger charge is -2.59. The van der Waals surface area contributed by atoms with E-state index in [1.807, 2.05) is 11.0 Å². The van der Waals surface area contributed by atoms with E-state index < -0.39 is 6.10 Å². The summed E-state index contributed by atoms with van der Waals surface area (Å²) in [5.74, 6) is 1.06. The number of anilines is 2. The minimum Gasteiger partial charge on any atom is -0.392 e. The Morgan fingerprint density at radius 1 is 1.07 bits per heavy atom. The van der Waals surface area contributed by atoms with E-state index >= 15 is 0 Å². The maximum absolute atomic E-state index is 13.5. The van der Waals surface area contributed by atoms with Gasteiger partial charge in [0, 0.05) is 68.6 Å². The lowest BCUT2D eigenvalue weighted by Crippen LogP contribution is -2.70. The average molecular weight is 561 g/mol.